The summed E-state index contributed by atoms with van der Waals surface area (Å²) in [5.74, 6) is 1.65. The number of aldehydes is 1. The molecule has 0 atom stereocenters. The number of hydrogen-bond donors (Lipinski definition) is 2. The molecule has 0 N–H and O–H groups in total. The van der Waals surface area contributed by atoms with Gasteiger partial charge in [-0.15, -0.1) is 11.3 Å². The van der Waals surface area contributed by atoms with Gasteiger partial charge in [-0.05, 0) is 54.7 Å². The van der Waals surface area contributed by atoms with Crippen molar-refractivity contribution in [1.29, 1.82) is 0 Å². The first-order valence-electron chi connectivity index (χ1n) is 10.5. The zero-order valence-corrected chi connectivity index (χ0v) is 20.2. The van der Waals surface area contributed by atoms with E-state index in [0.29, 0.717) is 0 Å². The zero-order chi connectivity index (χ0) is 21.1. The van der Waals surface area contributed by atoms with Gasteiger partial charge >= 0.3 is 0 Å². The Kier molecular flexibility index (Phi) is 11.0. The third-order valence-corrected chi connectivity index (χ3v) is 6.78. The molecule has 0 fully saturated rings. The lowest BCUT2D eigenvalue weighted by Gasteiger charge is -2.23. The van der Waals surface area contributed by atoms with Gasteiger partial charge in [0.1, 0.15) is 0 Å². The Balaban J connectivity index is 2.10. The molecule has 1 aromatic carbocycles. The van der Waals surface area contributed by atoms with Crippen molar-refractivity contribution in [2.24, 2.45) is 0 Å². The third-order valence-electron chi connectivity index (χ3n) is 5.15. The summed E-state index contributed by atoms with van der Waals surface area (Å²) in [4.78, 5) is 15.9. The van der Waals surface area contributed by atoms with Crippen molar-refractivity contribution < 1.29 is 4.79 Å². The number of thiophene rings is 1. The quantitative estimate of drug-likeness (QED) is 0.199. The smallest absolute Gasteiger partial charge is 0.160 e. The van der Waals surface area contributed by atoms with E-state index in [1.165, 1.54) is 41.0 Å². The van der Waals surface area contributed by atoms with Crippen LogP contribution in [0.3, 0.4) is 0 Å². The van der Waals surface area contributed by atoms with Crippen LogP contribution in [0.2, 0.25) is 0 Å². The molecule has 0 aliphatic heterocycles. The molecule has 0 saturated carbocycles. The summed E-state index contributed by atoms with van der Waals surface area (Å²) < 4.78 is 0. The molecular weight excluding hydrogens is 414 g/mol. The molecule has 0 radical (unpaired) electrons. The average molecular weight is 448 g/mol. The second-order valence-electron chi connectivity index (χ2n) is 7.22. The van der Waals surface area contributed by atoms with Crippen LogP contribution in [-0.2, 0) is 6.42 Å². The maximum atomic E-state index is 11.5. The summed E-state index contributed by atoms with van der Waals surface area (Å²) >= 11 is 10.3. The first-order valence-corrected chi connectivity index (χ1v) is 12.5. The van der Waals surface area contributed by atoms with Gasteiger partial charge in [0, 0.05) is 35.2 Å². The minimum absolute atomic E-state index is 0.826. The van der Waals surface area contributed by atoms with Gasteiger partial charge in [0.15, 0.2) is 6.29 Å². The van der Waals surface area contributed by atoms with Gasteiger partial charge in [-0.3, -0.25) is 4.79 Å². The van der Waals surface area contributed by atoms with Crippen LogP contribution >= 0.6 is 36.6 Å². The van der Waals surface area contributed by atoms with Crippen molar-refractivity contribution in [2.45, 2.75) is 46.0 Å². The second-order valence-corrected chi connectivity index (χ2v) is 9.20. The summed E-state index contributed by atoms with van der Waals surface area (Å²) in [7, 11) is 0. The normalized spacial score (nSPS) is 11.3. The Morgan fingerprint density at radius 1 is 0.966 bits per heavy atom. The van der Waals surface area contributed by atoms with E-state index in [-0.39, 0.29) is 0 Å². The van der Waals surface area contributed by atoms with E-state index in [1.807, 2.05) is 0 Å². The predicted octanol–water partition coefficient (Wildman–Crippen LogP) is 6.83. The van der Waals surface area contributed by atoms with Crippen LogP contribution in [0.5, 0.6) is 0 Å². The number of hydrogen-bond acceptors (Lipinski definition) is 5. The van der Waals surface area contributed by atoms with E-state index < -0.39 is 0 Å². The van der Waals surface area contributed by atoms with E-state index in [1.54, 1.807) is 11.3 Å². The number of anilines is 1. The first-order chi connectivity index (χ1) is 14.1. The van der Waals surface area contributed by atoms with Crippen molar-refractivity contribution in [3.05, 3.63) is 50.7 Å². The molecule has 0 aliphatic carbocycles. The first kappa shape index (κ1) is 24.1. The molecule has 0 bridgehead atoms. The molecule has 2 rings (SSSR count). The van der Waals surface area contributed by atoms with Gasteiger partial charge in [-0.2, -0.15) is 25.3 Å². The molecule has 0 aliphatic rings. The molecular formula is C24H33NOS3. The lowest BCUT2D eigenvalue weighted by molar-refractivity contribution is 0.112. The van der Waals surface area contributed by atoms with Crippen molar-refractivity contribution in [3.8, 4) is 0 Å². The monoisotopic (exact) mass is 447 g/mol. The third kappa shape index (κ3) is 7.23. The number of thiol groups is 2. The highest BCUT2D eigenvalue weighted by molar-refractivity contribution is 7.80. The van der Waals surface area contributed by atoms with Crippen LogP contribution in [-0.4, -0.2) is 30.9 Å². The van der Waals surface area contributed by atoms with E-state index in [0.717, 1.165) is 54.2 Å². The van der Waals surface area contributed by atoms with E-state index in [2.05, 4.69) is 80.4 Å². The number of benzene rings is 1. The lowest BCUT2D eigenvalue weighted by atomic mass is 10.0. The number of carbonyl (C=O) groups is 1. The highest BCUT2D eigenvalue weighted by atomic mass is 32.1. The molecule has 158 valence electrons. The molecule has 0 saturated heterocycles. The largest absolute Gasteiger partial charge is 0.370 e. The Morgan fingerprint density at radius 3 is 2.24 bits per heavy atom. The van der Waals surface area contributed by atoms with Crippen LogP contribution < -0.4 is 4.90 Å². The SMILES string of the molecule is CCCCCCc1c(C=O)sc(/C=C/c2ccc(N(CCS)CCS)cc2)c1C. The predicted molar refractivity (Wildman–Crippen MR) is 138 cm³/mol. The lowest BCUT2D eigenvalue weighted by Crippen LogP contribution is -2.27. The molecule has 0 amide bonds. The molecule has 2 nitrogen and oxygen atoms in total. The van der Waals surface area contributed by atoms with Gasteiger partial charge in [0.2, 0.25) is 0 Å². The highest BCUT2D eigenvalue weighted by Crippen LogP contribution is 2.30. The number of nitrogens with zero attached hydrogens (tertiary/aromatic N) is 1. The van der Waals surface area contributed by atoms with Gasteiger partial charge < -0.3 is 4.90 Å². The minimum atomic E-state index is 0.826. The minimum Gasteiger partial charge on any atom is -0.370 e. The van der Waals surface area contributed by atoms with Crippen LogP contribution in [0, 0.1) is 6.92 Å². The van der Waals surface area contributed by atoms with Crippen molar-refractivity contribution in [2.75, 3.05) is 29.5 Å². The Bertz CT molecular complexity index is 774. The fourth-order valence-corrected chi connectivity index (χ4v) is 5.02. The summed E-state index contributed by atoms with van der Waals surface area (Å²) in [6.07, 6.45) is 11.2. The van der Waals surface area contributed by atoms with Gasteiger partial charge in [-0.1, -0.05) is 44.4 Å². The Labute approximate surface area is 191 Å². The van der Waals surface area contributed by atoms with Crippen LogP contribution in [0.25, 0.3) is 12.2 Å². The maximum absolute atomic E-state index is 11.5. The molecule has 0 spiro atoms. The zero-order valence-electron chi connectivity index (χ0n) is 17.6. The van der Waals surface area contributed by atoms with E-state index >= 15 is 0 Å². The van der Waals surface area contributed by atoms with E-state index in [9.17, 15) is 4.79 Å². The Morgan fingerprint density at radius 2 is 1.66 bits per heavy atom. The number of unbranched alkanes of at least 4 members (excludes halogenated alkanes) is 3. The molecule has 1 aromatic heterocycles. The van der Waals surface area contributed by atoms with Gasteiger partial charge in [-0.25, -0.2) is 0 Å². The maximum Gasteiger partial charge on any atom is 0.160 e. The van der Waals surface area contributed by atoms with Crippen LogP contribution in [0.4, 0.5) is 5.69 Å². The van der Waals surface area contributed by atoms with Gasteiger partial charge in [0.25, 0.3) is 0 Å². The Hall–Kier alpha value is -1.17. The second kappa shape index (κ2) is 13.2. The molecule has 5 heteroatoms. The van der Waals surface area contributed by atoms with Crippen LogP contribution in [0.15, 0.2) is 24.3 Å². The number of rotatable bonds is 13. The number of carbonyl (C=O) groups excluding carboxylic acids is 1. The average Bonchev–Trinajstić information content (AvgIpc) is 3.05. The van der Waals surface area contributed by atoms with Gasteiger partial charge in [0.05, 0.1) is 4.88 Å². The molecule has 29 heavy (non-hydrogen) atoms. The summed E-state index contributed by atoms with van der Waals surface area (Å²) in [5.41, 5.74) is 4.87. The van der Waals surface area contributed by atoms with Crippen molar-refractivity contribution in [1.82, 2.24) is 0 Å². The fraction of sp³-hybridized carbons (Fsp3) is 0.458. The van der Waals surface area contributed by atoms with E-state index in [4.69, 9.17) is 0 Å². The standard InChI is InChI=1S/C24H33NOS3/c1-3-4-5-6-7-22-19(2)23(29-24(22)18-26)13-10-20-8-11-21(12-9-20)25(14-16-27)15-17-28/h8-13,18,27-28H,3-7,14-17H2,1-2H3/b13-10+. The summed E-state index contributed by atoms with van der Waals surface area (Å²) in [6.45, 7) is 6.21. The highest BCUT2D eigenvalue weighted by Gasteiger charge is 2.12. The summed E-state index contributed by atoms with van der Waals surface area (Å²) in [6, 6.07) is 8.60. The fourth-order valence-electron chi connectivity index (χ4n) is 3.46. The molecule has 0 unspecified atom stereocenters. The molecule has 1 heterocycles. The van der Waals surface area contributed by atoms with Crippen LogP contribution in [0.1, 0.15) is 63.8 Å². The van der Waals surface area contributed by atoms with Crippen molar-refractivity contribution >= 4 is 60.7 Å². The molecule has 2 aromatic rings. The summed E-state index contributed by atoms with van der Waals surface area (Å²) in [5, 5.41) is 0. The van der Waals surface area contributed by atoms with Crippen molar-refractivity contribution in [3.63, 3.8) is 0 Å². The topological polar surface area (TPSA) is 20.3 Å².